The number of benzene rings is 1. The number of carbonyl (C=O) groups is 1. The zero-order valence-corrected chi connectivity index (χ0v) is 9.69. The Morgan fingerprint density at radius 1 is 1.18 bits per heavy atom. The predicted octanol–water partition coefficient (Wildman–Crippen LogP) is 3.03. The van der Waals surface area contributed by atoms with Crippen LogP contribution in [0.2, 0.25) is 5.02 Å². The summed E-state index contributed by atoms with van der Waals surface area (Å²) in [5.41, 5.74) is 2.00. The van der Waals surface area contributed by atoms with Gasteiger partial charge in [-0.15, -0.1) is 0 Å². The third kappa shape index (κ3) is 2.82. The minimum atomic E-state index is -0.904. The Labute approximate surface area is 104 Å². The summed E-state index contributed by atoms with van der Waals surface area (Å²) in [6, 6.07) is 12.8. The van der Waals surface area contributed by atoms with Gasteiger partial charge >= 0.3 is 5.97 Å². The van der Waals surface area contributed by atoms with Gasteiger partial charge < -0.3 is 5.11 Å². The number of aliphatic carboxylic acids is 1. The summed E-state index contributed by atoms with van der Waals surface area (Å²) < 4.78 is 0. The average molecular weight is 248 g/mol. The zero-order chi connectivity index (χ0) is 12.3. The summed E-state index contributed by atoms with van der Waals surface area (Å²) in [5.74, 6) is -0.904. The maximum atomic E-state index is 10.6. The van der Waals surface area contributed by atoms with Crippen LogP contribution in [0.3, 0.4) is 0 Å². The topological polar surface area (TPSA) is 50.2 Å². The Morgan fingerprint density at radius 2 is 1.88 bits per heavy atom. The van der Waals surface area contributed by atoms with Crippen molar-refractivity contribution >= 4 is 17.6 Å². The van der Waals surface area contributed by atoms with Crippen LogP contribution < -0.4 is 0 Å². The third-order valence-electron chi connectivity index (χ3n) is 2.28. The molecule has 0 aliphatic heterocycles. The van der Waals surface area contributed by atoms with Crippen molar-refractivity contribution in [2.75, 3.05) is 0 Å². The van der Waals surface area contributed by atoms with E-state index in [1.807, 2.05) is 30.3 Å². The van der Waals surface area contributed by atoms with Crippen LogP contribution in [0.15, 0.2) is 42.5 Å². The van der Waals surface area contributed by atoms with Crippen molar-refractivity contribution in [1.82, 2.24) is 4.98 Å². The van der Waals surface area contributed by atoms with Crippen LogP contribution in [0.25, 0.3) is 11.3 Å². The Balaban J connectivity index is 2.43. The van der Waals surface area contributed by atoms with E-state index in [1.54, 1.807) is 12.1 Å². The van der Waals surface area contributed by atoms with Crippen LogP contribution >= 0.6 is 11.6 Å². The average Bonchev–Trinajstić information content (AvgIpc) is 2.32. The Bertz CT molecular complexity index is 540. The summed E-state index contributed by atoms with van der Waals surface area (Å²) in [6.07, 6.45) is -0.100. The molecule has 86 valence electrons. The van der Waals surface area contributed by atoms with Gasteiger partial charge in [0.25, 0.3) is 0 Å². The predicted molar refractivity (Wildman–Crippen MR) is 66.0 cm³/mol. The lowest BCUT2D eigenvalue weighted by atomic mass is 10.1. The van der Waals surface area contributed by atoms with Crippen LogP contribution in [-0.4, -0.2) is 16.1 Å². The van der Waals surface area contributed by atoms with Crippen molar-refractivity contribution in [1.29, 1.82) is 0 Å². The molecule has 0 atom stereocenters. The maximum Gasteiger partial charge on any atom is 0.309 e. The quantitative estimate of drug-likeness (QED) is 0.907. The standard InChI is InChI=1S/C13H10ClNO2/c14-11-7-6-10(8-12(16)17)15-13(11)9-4-2-1-3-5-9/h1-7H,8H2,(H,16,17). The van der Waals surface area contributed by atoms with Crippen molar-refractivity contribution in [3.63, 3.8) is 0 Å². The highest BCUT2D eigenvalue weighted by molar-refractivity contribution is 6.33. The summed E-state index contributed by atoms with van der Waals surface area (Å²) in [6.45, 7) is 0. The van der Waals surface area contributed by atoms with Crippen LogP contribution in [0.4, 0.5) is 0 Å². The molecule has 1 N–H and O–H groups in total. The molecule has 1 aromatic carbocycles. The number of hydrogen-bond donors (Lipinski definition) is 1. The summed E-state index contributed by atoms with van der Waals surface area (Å²) in [5, 5.41) is 9.24. The van der Waals surface area contributed by atoms with Gasteiger partial charge in [0.05, 0.1) is 22.8 Å². The normalized spacial score (nSPS) is 10.2. The fraction of sp³-hybridized carbons (Fsp3) is 0.0769. The number of nitrogens with zero attached hydrogens (tertiary/aromatic N) is 1. The lowest BCUT2D eigenvalue weighted by Gasteiger charge is -2.05. The first-order valence-electron chi connectivity index (χ1n) is 5.09. The van der Waals surface area contributed by atoms with Gasteiger partial charge in [0.1, 0.15) is 0 Å². The molecule has 17 heavy (non-hydrogen) atoms. The molecule has 4 heteroatoms. The molecule has 0 bridgehead atoms. The smallest absolute Gasteiger partial charge is 0.309 e. The third-order valence-corrected chi connectivity index (χ3v) is 2.59. The molecule has 0 aliphatic carbocycles. The van der Waals surface area contributed by atoms with E-state index in [-0.39, 0.29) is 6.42 Å². The molecular weight excluding hydrogens is 238 g/mol. The van der Waals surface area contributed by atoms with Gasteiger partial charge in [0.2, 0.25) is 0 Å². The fourth-order valence-corrected chi connectivity index (χ4v) is 1.75. The summed E-state index contributed by atoms with van der Waals surface area (Å²) in [4.78, 5) is 14.9. The number of carboxylic acid groups (broad SMARTS) is 1. The van der Waals surface area contributed by atoms with Crippen molar-refractivity contribution in [3.05, 3.63) is 53.2 Å². The SMILES string of the molecule is O=C(O)Cc1ccc(Cl)c(-c2ccccc2)n1. The van der Waals surface area contributed by atoms with E-state index in [0.717, 1.165) is 5.56 Å². The van der Waals surface area contributed by atoms with E-state index in [9.17, 15) is 4.79 Å². The second-order valence-electron chi connectivity index (χ2n) is 3.57. The lowest BCUT2D eigenvalue weighted by molar-refractivity contribution is -0.136. The van der Waals surface area contributed by atoms with Crippen molar-refractivity contribution in [2.45, 2.75) is 6.42 Å². The lowest BCUT2D eigenvalue weighted by Crippen LogP contribution is -2.03. The highest BCUT2D eigenvalue weighted by Gasteiger charge is 2.08. The van der Waals surface area contributed by atoms with Crippen molar-refractivity contribution in [3.8, 4) is 11.3 Å². The van der Waals surface area contributed by atoms with Gasteiger partial charge in [-0.1, -0.05) is 41.9 Å². The Kier molecular flexibility index (Phi) is 3.40. The second-order valence-corrected chi connectivity index (χ2v) is 3.98. The summed E-state index contributed by atoms with van der Waals surface area (Å²) >= 11 is 6.06. The molecule has 0 fully saturated rings. The molecule has 0 saturated carbocycles. The fourth-order valence-electron chi connectivity index (χ4n) is 1.53. The molecule has 2 aromatic rings. The molecule has 0 spiro atoms. The molecule has 1 heterocycles. The van der Waals surface area contributed by atoms with Gasteiger partial charge in [0.15, 0.2) is 0 Å². The van der Waals surface area contributed by atoms with Crippen molar-refractivity contribution < 1.29 is 9.90 Å². The minimum absolute atomic E-state index is 0.100. The largest absolute Gasteiger partial charge is 0.481 e. The van der Waals surface area contributed by atoms with E-state index < -0.39 is 5.97 Å². The van der Waals surface area contributed by atoms with Crippen molar-refractivity contribution in [2.24, 2.45) is 0 Å². The molecule has 3 nitrogen and oxygen atoms in total. The molecule has 0 amide bonds. The number of aromatic nitrogens is 1. The number of hydrogen-bond acceptors (Lipinski definition) is 2. The van der Waals surface area contributed by atoms with Gasteiger partial charge in [-0.25, -0.2) is 0 Å². The van der Waals surface area contributed by atoms with Crippen LogP contribution in [0.1, 0.15) is 5.69 Å². The number of carboxylic acids is 1. The molecule has 0 saturated heterocycles. The molecule has 0 radical (unpaired) electrons. The van der Waals surface area contributed by atoms with E-state index in [4.69, 9.17) is 16.7 Å². The number of rotatable bonds is 3. The highest BCUT2D eigenvalue weighted by atomic mass is 35.5. The van der Waals surface area contributed by atoms with Crippen LogP contribution in [-0.2, 0) is 11.2 Å². The number of pyridine rings is 1. The van der Waals surface area contributed by atoms with Gasteiger partial charge in [-0.2, -0.15) is 0 Å². The van der Waals surface area contributed by atoms with E-state index in [1.165, 1.54) is 0 Å². The molecule has 0 unspecified atom stereocenters. The molecule has 0 aliphatic rings. The first-order chi connectivity index (χ1) is 8.16. The van der Waals surface area contributed by atoms with Gasteiger partial charge in [-0.05, 0) is 12.1 Å². The van der Waals surface area contributed by atoms with Crippen LogP contribution in [0, 0.1) is 0 Å². The Hall–Kier alpha value is -1.87. The first kappa shape index (κ1) is 11.6. The summed E-state index contributed by atoms with van der Waals surface area (Å²) in [7, 11) is 0. The molecular formula is C13H10ClNO2. The van der Waals surface area contributed by atoms with E-state index in [0.29, 0.717) is 16.4 Å². The van der Waals surface area contributed by atoms with Crippen LogP contribution in [0.5, 0.6) is 0 Å². The van der Waals surface area contributed by atoms with E-state index in [2.05, 4.69) is 4.98 Å². The van der Waals surface area contributed by atoms with Gasteiger partial charge in [0, 0.05) is 5.56 Å². The zero-order valence-electron chi connectivity index (χ0n) is 8.93. The molecule has 2 rings (SSSR count). The maximum absolute atomic E-state index is 10.6. The minimum Gasteiger partial charge on any atom is -0.481 e. The second kappa shape index (κ2) is 4.97. The Morgan fingerprint density at radius 3 is 2.53 bits per heavy atom. The first-order valence-corrected chi connectivity index (χ1v) is 5.47. The van der Waals surface area contributed by atoms with Gasteiger partial charge in [-0.3, -0.25) is 9.78 Å². The molecule has 1 aromatic heterocycles. The highest BCUT2D eigenvalue weighted by Crippen LogP contribution is 2.25. The monoisotopic (exact) mass is 247 g/mol. The number of halogens is 1. The van der Waals surface area contributed by atoms with E-state index >= 15 is 0 Å².